The molecule has 1 atom stereocenters. The maximum Gasteiger partial charge on any atom is 0.264 e. The third-order valence-corrected chi connectivity index (χ3v) is 6.78. The fourth-order valence-corrected chi connectivity index (χ4v) is 4.71. The molecule has 0 fully saturated rings. The van der Waals surface area contributed by atoms with Gasteiger partial charge >= 0.3 is 0 Å². The first-order valence-electron chi connectivity index (χ1n) is 10.1. The van der Waals surface area contributed by atoms with Crippen molar-refractivity contribution in [2.24, 2.45) is 0 Å². The van der Waals surface area contributed by atoms with Gasteiger partial charge in [-0.25, -0.2) is 12.8 Å². The molecule has 1 amide bonds. The van der Waals surface area contributed by atoms with Crippen LogP contribution in [-0.2, 0) is 14.8 Å². The van der Waals surface area contributed by atoms with Crippen molar-refractivity contribution in [3.05, 3.63) is 90.2 Å². The smallest absolute Gasteiger partial charge is 0.264 e. The maximum absolute atomic E-state index is 13.4. The minimum Gasteiger partial charge on any atom is -0.497 e. The summed E-state index contributed by atoms with van der Waals surface area (Å²) in [5.74, 6) is -0.274. The molecule has 3 aromatic rings. The van der Waals surface area contributed by atoms with Crippen molar-refractivity contribution >= 4 is 21.6 Å². The Labute approximate surface area is 187 Å². The summed E-state index contributed by atoms with van der Waals surface area (Å²) < 4.78 is 46.2. The van der Waals surface area contributed by atoms with Crippen LogP contribution in [0.3, 0.4) is 0 Å². The fraction of sp³-hybridized carbons (Fsp3) is 0.208. The largest absolute Gasteiger partial charge is 0.497 e. The van der Waals surface area contributed by atoms with Gasteiger partial charge < -0.3 is 10.1 Å². The van der Waals surface area contributed by atoms with Crippen LogP contribution in [0, 0.1) is 5.82 Å². The number of hydrogen-bond acceptors (Lipinski definition) is 4. The molecule has 0 aliphatic heterocycles. The van der Waals surface area contributed by atoms with Crippen LogP contribution in [0.25, 0.3) is 0 Å². The standard InChI is InChI=1S/C24H25FN2O4S/c1-3-23(18-9-15-21(31-2)16-10-18)26-24(28)17-27(20-13-11-19(25)12-14-20)32(29,30)22-7-5-4-6-8-22/h4-16,23H,3,17H2,1-2H3,(H,26,28)/t23-/m1/s1. The third kappa shape index (κ3) is 5.45. The molecular weight excluding hydrogens is 431 g/mol. The molecule has 168 valence electrons. The summed E-state index contributed by atoms with van der Waals surface area (Å²) in [5.41, 5.74) is 1.07. The van der Waals surface area contributed by atoms with Crippen molar-refractivity contribution in [1.82, 2.24) is 5.32 Å². The number of nitrogens with one attached hydrogen (secondary N) is 1. The van der Waals surface area contributed by atoms with Crippen molar-refractivity contribution in [2.45, 2.75) is 24.3 Å². The van der Waals surface area contributed by atoms with Crippen LogP contribution in [0.4, 0.5) is 10.1 Å². The molecule has 0 saturated carbocycles. The minimum atomic E-state index is -4.04. The summed E-state index contributed by atoms with van der Waals surface area (Å²) in [6, 6.07) is 19.8. The van der Waals surface area contributed by atoms with Gasteiger partial charge in [-0.05, 0) is 60.5 Å². The molecule has 0 aromatic heterocycles. The Kier molecular flexibility index (Phi) is 7.48. The Balaban J connectivity index is 1.86. The van der Waals surface area contributed by atoms with E-state index in [0.29, 0.717) is 12.2 Å². The number of methoxy groups -OCH3 is 1. The van der Waals surface area contributed by atoms with Gasteiger partial charge in [-0.3, -0.25) is 9.10 Å². The predicted octanol–water partition coefficient (Wildman–Crippen LogP) is 4.30. The number of carbonyl (C=O) groups excluding carboxylic acids is 1. The van der Waals surface area contributed by atoms with Crippen molar-refractivity contribution in [2.75, 3.05) is 18.0 Å². The van der Waals surface area contributed by atoms with Gasteiger partial charge in [0.15, 0.2) is 0 Å². The number of amides is 1. The first-order valence-corrected chi connectivity index (χ1v) is 11.6. The Morgan fingerprint density at radius 3 is 2.19 bits per heavy atom. The van der Waals surface area contributed by atoms with Crippen LogP contribution in [0.5, 0.6) is 5.75 Å². The summed E-state index contributed by atoms with van der Waals surface area (Å²) in [7, 11) is -2.47. The van der Waals surface area contributed by atoms with E-state index < -0.39 is 28.3 Å². The second-order valence-corrected chi connectivity index (χ2v) is 8.96. The number of anilines is 1. The van der Waals surface area contributed by atoms with Crippen LogP contribution < -0.4 is 14.4 Å². The van der Waals surface area contributed by atoms with E-state index in [9.17, 15) is 17.6 Å². The molecular formula is C24H25FN2O4S. The normalized spacial score (nSPS) is 12.1. The summed E-state index contributed by atoms with van der Waals surface area (Å²) in [5, 5.41) is 2.90. The third-order valence-electron chi connectivity index (χ3n) is 4.99. The van der Waals surface area contributed by atoms with Crippen molar-refractivity contribution in [3.63, 3.8) is 0 Å². The van der Waals surface area contributed by atoms with Gasteiger partial charge in [0.25, 0.3) is 10.0 Å². The van der Waals surface area contributed by atoms with E-state index in [4.69, 9.17) is 4.74 Å². The topological polar surface area (TPSA) is 75.7 Å². The molecule has 8 heteroatoms. The molecule has 32 heavy (non-hydrogen) atoms. The highest BCUT2D eigenvalue weighted by Gasteiger charge is 2.28. The molecule has 3 aromatic carbocycles. The molecule has 0 aliphatic rings. The highest BCUT2D eigenvalue weighted by molar-refractivity contribution is 7.92. The monoisotopic (exact) mass is 456 g/mol. The zero-order valence-corrected chi connectivity index (χ0v) is 18.7. The van der Waals surface area contributed by atoms with Crippen LogP contribution in [0.1, 0.15) is 24.9 Å². The van der Waals surface area contributed by atoms with Gasteiger partial charge in [-0.15, -0.1) is 0 Å². The predicted molar refractivity (Wildman–Crippen MR) is 122 cm³/mol. The molecule has 0 unspecified atom stereocenters. The molecule has 0 heterocycles. The van der Waals surface area contributed by atoms with E-state index in [-0.39, 0.29) is 16.6 Å². The second kappa shape index (κ2) is 10.3. The minimum absolute atomic E-state index is 0.0410. The van der Waals surface area contributed by atoms with E-state index in [0.717, 1.165) is 22.0 Å². The Bertz CT molecular complexity index is 1130. The zero-order valence-electron chi connectivity index (χ0n) is 17.9. The van der Waals surface area contributed by atoms with E-state index in [2.05, 4.69) is 5.32 Å². The highest BCUT2D eigenvalue weighted by atomic mass is 32.2. The van der Waals surface area contributed by atoms with Crippen LogP contribution in [-0.4, -0.2) is 28.0 Å². The maximum atomic E-state index is 13.4. The van der Waals surface area contributed by atoms with E-state index in [1.54, 1.807) is 37.4 Å². The summed E-state index contributed by atoms with van der Waals surface area (Å²) in [6.07, 6.45) is 0.611. The number of hydrogen-bond donors (Lipinski definition) is 1. The van der Waals surface area contributed by atoms with Crippen LogP contribution >= 0.6 is 0 Å². The van der Waals surface area contributed by atoms with E-state index in [1.807, 2.05) is 19.1 Å². The summed E-state index contributed by atoms with van der Waals surface area (Å²) >= 11 is 0. The average molecular weight is 457 g/mol. The Hall–Kier alpha value is -3.39. The first-order chi connectivity index (χ1) is 15.3. The number of rotatable bonds is 9. The Morgan fingerprint density at radius 2 is 1.62 bits per heavy atom. The lowest BCUT2D eigenvalue weighted by molar-refractivity contribution is -0.120. The number of carbonyl (C=O) groups is 1. The van der Waals surface area contributed by atoms with Gasteiger partial charge in [0.05, 0.1) is 23.7 Å². The number of benzene rings is 3. The number of ether oxygens (including phenoxy) is 1. The number of halogens is 1. The quantitative estimate of drug-likeness (QED) is 0.521. The molecule has 6 nitrogen and oxygen atoms in total. The lowest BCUT2D eigenvalue weighted by Crippen LogP contribution is -2.42. The van der Waals surface area contributed by atoms with E-state index >= 15 is 0 Å². The zero-order chi connectivity index (χ0) is 23.1. The highest BCUT2D eigenvalue weighted by Crippen LogP contribution is 2.25. The van der Waals surface area contributed by atoms with Crippen LogP contribution in [0.15, 0.2) is 83.8 Å². The van der Waals surface area contributed by atoms with E-state index in [1.165, 1.54) is 24.3 Å². The van der Waals surface area contributed by atoms with Gasteiger partial charge in [0.1, 0.15) is 18.1 Å². The SMILES string of the molecule is CC[C@@H](NC(=O)CN(c1ccc(F)cc1)S(=O)(=O)c1ccccc1)c1ccc(OC)cc1. The lowest BCUT2D eigenvalue weighted by atomic mass is 10.0. The Morgan fingerprint density at radius 1 is 1.00 bits per heavy atom. The van der Waals surface area contributed by atoms with Crippen molar-refractivity contribution in [3.8, 4) is 5.75 Å². The van der Waals surface area contributed by atoms with Gasteiger partial charge in [0, 0.05) is 0 Å². The van der Waals surface area contributed by atoms with Crippen LogP contribution in [0.2, 0.25) is 0 Å². The lowest BCUT2D eigenvalue weighted by Gasteiger charge is -2.25. The molecule has 0 bridgehead atoms. The molecule has 1 N–H and O–H groups in total. The second-order valence-electron chi connectivity index (χ2n) is 7.10. The van der Waals surface area contributed by atoms with Gasteiger partial charge in [-0.2, -0.15) is 0 Å². The first kappa shape index (κ1) is 23.3. The van der Waals surface area contributed by atoms with Gasteiger partial charge in [0.2, 0.25) is 5.91 Å². The number of sulfonamides is 1. The fourth-order valence-electron chi connectivity index (χ4n) is 3.27. The molecule has 0 saturated heterocycles. The summed E-state index contributed by atoms with van der Waals surface area (Å²) in [6.45, 7) is 1.48. The number of nitrogens with zero attached hydrogens (tertiary/aromatic N) is 1. The van der Waals surface area contributed by atoms with Gasteiger partial charge in [-0.1, -0.05) is 37.3 Å². The molecule has 0 spiro atoms. The molecule has 3 rings (SSSR count). The van der Waals surface area contributed by atoms with Crippen molar-refractivity contribution in [1.29, 1.82) is 0 Å². The van der Waals surface area contributed by atoms with Crippen molar-refractivity contribution < 1.29 is 22.3 Å². The summed E-state index contributed by atoms with van der Waals surface area (Å²) in [4.78, 5) is 13.0. The molecule has 0 radical (unpaired) electrons. The molecule has 0 aliphatic carbocycles. The average Bonchev–Trinajstić information content (AvgIpc) is 2.82.